The molecule has 1 saturated heterocycles. The average molecular weight is 347 g/mol. The number of benzene rings is 1. The van der Waals surface area contributed by atoms with Crippen molar-refractivity contribution in [3.05, 3.63) is 33.3 Å². The zero-order valence-corrected chi connectivity index (χ0v) is 13.1. The minimum absolute atomic E-state index is 0.0584. The van der Waals surface area contributed by atoms with Crippen LogP contribution in [0, 0.1) is 5.92 Å². The summed E-state index contributed by atoms with van der Waals surface area (Å²) >= 11 is 9.52. The van der Waals surface area contributed by atoms with Gasteiger partial charge in [0.1, 0.15) is 0 Å². The predicted molar refractivity (Wildman–Crippen MR) is 79.5 cm³/mol. The second-order valence-corrected chi connectivity index (χ2v) is 6.27. The molecule has 1 aromatic carbocycles. The van der Waals surface area contributed by atoms with Crippen molar-refractivity contribution in [1.82, 2.24) is 4.90 Å². The van der Waals surface area contributed by atoms with Crippen molar-refractivity contribution in [2.75, 3.05) is 13.2 Å². The Hall–Kier alpha value is -0.580. The highest BCUT2D eigenvalue weighted by atomic mass is 79.9. The molecule has 0 aliphatic carbocycles. The number of hydrogen-bond acceptors (Lipinski definition) is 2. The second kappa shape index (κ2) is 6.25. The van der Waals surface area contributed by atoms with Gasteiger partial charge < -0.3 is 10.0 Å². The number of nitrogens with zero attached hydrogens (tertiary/aromatic N) is 1. The van der Waals surface area contributed by atoms with E-state index in [1.54, 1.807) is 12.1 Å². The Balaban J connectivity index is 2.24. The Morgan fingerprint density at radius 1 is 1.53 bits per heavy atom. The summed E-state index contributed by atoms with van der Waals surface area (Å²) in [5.74, 6) is 0.114. The lowest BCUT2D eigenvalue weighted by molar-refractivity contribution is 0.0489. The van der Waals surface area contributed by atoms with Crippen LogP contribution in [0.1, 0.15) is 30.1 Å². The van der Waals surface area contributed by atoms with Crippen LogP contribution in [0.15, 0.2) is 22.7 Å². The van der Waals surface area contributed by atoms with Gasteiger partial charge in [0.2, 0.25) is 0 Å². The number of aliphatic hydroxyl groups is 1. The number of likely N-dealkylation sites (tertiary alicyclic amines) is 1. The van der Waals surface area contributed by atoms with Crippen LogP contribution >= 0.6 is 27.5 Å². The van der Waals surface area contributed by atoms with Gasteiger partial charge in [0, 0.05) is 23.7 Å². The molecule has 0 aromatic heterocycles. The van der Waals surface area contributed by atoms with Gasteiger partial charge in [-0.2, -0.15) is 0 Å². The monoisotopic (exact) mass is 345 g/mol. The van der Waals surface area contributed by atoms with Gasteiger partial charge in [-0.05, 0) is 53.7 Å². The lowest BCUT2D eigenvalue weighted by atomic mass is 9.93. The van der Waals surface area contributed by atoms with Gasteiger partial charge in [0.15, 0.2) is 0 Å². The van der Waals surface area contributed by atoms with Gasteiger partial charge in [-0.15, -0.1) is 0 Å². The smallest absolute Gasteiger partial charge is 0.255 e. The Labute approximate surface area is 126 Å². The van der Waals surface area contributed by atoms with Crippen LogP contribution < -0.4 is 0 Å². The lowest BCUT2D eigenvalue weighted by Crippen LogP contribution is -2.46. The van der Waals surface area contributed by atoms with Gasteiger partial charge in [-0.3, -0.25) is 4.79 Å². The Bertz CT molecular complexity index is 481. The first-order valence-corrected chi connectivity index (χ1v) is 7.57. The number of carbonyl (C=O) groups excluding carboxylic acids is 1. The largest absolute Gasteiger partial charge is 0.396 e. The number of piperidine rings is 1. The summed E-state index contributed by atoms with van der Waals surface area (Å²) in [5, 5.41) is 9.72. The molecule has 0 unspecified atom stereocenters. The fourth-order valence-electron chi connectivity index (χ4n) is 2.44. The van der Waals surface area contributed by atoms with Crippen molar-refractivity contribution in [2.24, 2.45) is 5.92 Å². The molecule has 1 aromatic rings. The molecule has 19 heavy (non-hydrogen) atoms. The van der Waals surface area contributed by atoms with Crippen LogP contribution in [0.5, 0.6) is 0 Å². The van der Waals surface area contributed by atoms with E-state index < -0.39 is 0 Å². The Morgan fingerprint density at radius 2 is 2.26 bits per heavy atom. The molecule has 1 N–H and O–H groups in total. The molecule has 1 amide bonds. The third-order valence-corrected chi connectivity index (χ3v) is 4.98. The molecule has 0 bridgehead atoms. The zero-order chi connectivity index (χ0) is 14.0. The normalized spacial score (nSPS) is 23.5. The fraction of sp³-hybridized carbons (Fsp3) is 0.500. The third kappa shape index (κ3) is 3.12. The summed E-state index contributed by atoms with van der Waals surface area (Å²) in [6.45, 7) is 2.76. The minimum Gasteiger partial charge on any atom is -0.396 e. The topological polar surface area (TPSA) is 40.5 Å². The quantitative estimate of drug-likeness (QED) is 0.892. The van der Waals surface area contributed by atoms with Crippen LogP contribution in [-0.4, -0.2) is 35.1 Å². The maximum atomic E-state index is 12.6. The summed E-state index contributed by atoms with van der Waals surface area (Å²) in [6.07, 6.45) is 1.89. The molecular formula is C14H17BrClNO2. The summed E-state index contributed by atoms with van der Waals surface area (Å²) < 4.78 is 0.725. The van der Waals surface area contributed by atoms with Gasteiger partial charge in [0.25, 0.3) is 5.91 Å². The van der Waals surface area contributed by atoms with Crippen molar-refractivity contribution < 1.29 is 9.90 Å². The summed E-state index contributed by atoms with van der Waals surface area (Å²) in [6, 6.07) is 5.55. The highest BCUT2D eigenvalue weighted by Crippen LogP contribution is 2.29. The van der Waals surface area contributed by atoms with Gasteiger partial charge in [0.05, 0.1) is 10.6 Å². The van der Waals surface area contributed by atoms with E-state index in [4.69, 9.17) is 11.6 Å². The molecule has 0 radical (unpaired) electrons. The highest BCUT2D eigenvalue weighted by molar-refractivity contribution is 9.10. The van der Waals surface area contributed by atoms with Gasteiger partial charge in [-0.25, -0.2) is 0 Å². The molecule has 0 saturated carbocycles. The number of hydrogen-bond donors (Lipinski definition) is 1. The molecule has 2 rings (SSSR count). The van der Waals surface area contributed by atoms with Crippen LogP contribution in [0.3, 0.4) is 0 Å². The van der Waals surface area contributed by atoms with Crippen molar-refractivity contribution in [3.63, 3.8) is 0 Å². The van der Waals surface area contributed by atoms with Crippen molar-refractivity contribution in [2.45, 2.75) is 25.8 Å². The van der Waals surface area contributed by atoms with E-state index in [0.717, 1.165) is 17.3 Å². The summed E-state index contributed by atoms with van der Waals surface area (Å²) in [4.78, 5) is 14.4. The zero-order valence-electron chi connectivity index (χ0n) is 10.8. The lowest BCUT2D eigenvalue weighted by Gasteiger charge is -2.37. The molecule has 1 aliphatic rings. The molecule has 0 spiro atoms. The van der Waals surface area contributed by atoms with E-state index in [1.165, 1.54) is 0 Å². The number of amides is 1. The SMILES string of the molecule is C[C@H]1CC[C@@H](CO)CN1C(=O)c1cccc(Br)c1Cl. The van der Waals surface area contributed by atoms with Crippen LogP contribution in [0.4, 0.5) is 0 Å². The molecular weight excluding hydrogens is 330 g/mol. The first-order valence-electron chi connectivity index (χ1n) is 6.40. The van der Waals surface area contributed by atoms with E-state index in [0.29, 0.717) is 17.1 Å². The van der Waals surface area contributed by atoms with E-state index in [-0.39, 0.29) is 24.5 Å². The fourth-order valence-corrected chi connectivity index (χ4v) is 3.01. The Kier molecular flexibility index (Phi) is 4.87. The molecule has 1 aliphatic heterocycles. The molecule has 104 valence electrons. The molecule has 1 fully saturated rings. The van der Waals surface area contributed by atoms with Crippen molar-refractivity contribution >= 4 is 33.4 Å². The molecule has 1 heterocycles. The minimum atomic E-state index is -0.0584. The number of rotatable bonds is 2. The maximum absolute atomic E-state index is 12.6. The Morgan fingerprint density at radius 3 is 2.95 bits per heavy atom. The third-order valence-electron chi connectivity index (χ3n) is 3.68. The second-order valence-electron chi connectivity index (χ2n) is 5.03. The van der Waals surface area contributed by atoms with Crippen LogP contribution in [0.25, 0.3) is 0 Å². The predicted octanol–water partition coefficient (Wildman–Crippen LogP) is 3.34. The number of carbonyl (C=O) groups is 1. The van der Waals surface area contributed by atoms with Gasteiger partial charge >= 0.3 is 0 Å². The van der Waals surface area contributed by atoms with Crippen molar-refractivity contribution in [1.29, 1.82) is 0 Å². The van der Waals surface area contributed by atoms with E-state index >= 15 is 0 Å². The van der Waals surface area contributed by atoms with E-state index in [1.807, 2.05) is 17.9 Å². The standard InChI is InChI=1S/C14H17BrClNO2/c1-9-5-6-10(8-18)7-17(9)14(19)11-3-2-4-12(15)13(11)16/h2-4,9-10,18H,5-8H2,1H3/t9-,10+/m0/s1. The first-order chi connectivity index (χ1) is 9.04. The number of halogens is 2. The summed E-state index contributed by atoms with van der Waals surface area (Å²) in [7, 11) is 0. The molecule has 5 heteroatoms. The average Bonchev–Trinajstić information content (AvgIpc) is 2.42. The maximum Gasteiger partial charge on any atom is 0.255 e. The van der Waals surface area contributed by atoms with Gasteiger partial charge in [-0.1, -0.05) is 17.7 Å². The van der Waals surface area contributed by atoms with E-state index in [2.05, 4.69) is 15.9 Å². The van der Waals surface area contributed by atoms with Crippen LogP contribution in [-0.2, 0) is 0 Å². The highest BCUT2D eigenvalue weighted by Gasteiger charge is 2.30. The summed E-state index contributed by atoms with van der Waals surface area (Å²) in [5.41, 5.74) is 0.515. The number of aliphatic hydroxyl groups excluding tert-OH is 1. The van der Waals surface area contributed by atoms with E-state index in [9.17, 15) is 9.90 Å². The molecule has 3 nitrogen and oxygen atoms in total. The first kappa shape index (κ1) is 14.8. The van der Waals surface area contributed by atoms with Crippen LogP contribution in [0.2, 0.25) is 5.02 Å². The van der Waals surface area contributed by atoms with Crippen molar-refractivity contribution in [3.8, 4) is 0 Å². The molecule has 2 atom stereocenters.